The van der Waals surface area contributed by atoms with Gasteiger partial charge in [0.2, 0.25) is 0 Å². The van der Waals surface area contributed by atoms with Gasteiger partial charge in [0.15, 0.2) is 6.10 Å². The molecule has 0 spiro atoms. The van der Waals surface area contributed by atoms with Crippen LogP contribution in [0.5, 0.6) is 11.5 Å². The molecule has 4 aromatic rings. The van der Waals surface area contributed by atoms with Crippen molar-refractivity contribution in [1.82, 2.24) is 0 Å². The van der Waals surface area contributed by atoms with Crippen molar-refractivity contribution in [2.75, 3.05) is 7.11 Å². The predicted octanol–water partition coefficient (Wildman–Crippen LogP) is 8.52. The highest BCUT2D eigenvalue weighted by Gasteiger charge is 2.62. The van der Waals surface area contributed by atoms with Crippen LogP contribution in [0.2, 0.25) is 0 Å². The molecule has 6 heteroatoms. The van der Waals surface area contributed by atoms with Crippen LogP contribution in [-0.2, 0) is 29.1 Å². The first-order chi connectivity index (χ1) is 20.9. The number of halogens is 2. The second kappa shape index (κ2) is 14.2. The second-order valence-corrected chi connectivity index (χ2v) is 11.2. The molecular formula is C37H40F2O4. The normalized spacial score (nSPS) is 23.0. The minimum absolute atomic E-state index is 0.170. The van der Waals surface area contributed by atoms with Crippen LogP contribution in [-0.4, -0.2) is 31.3 Å². The summed E-state index contributed by atoms with van der Waals surface area (Å²) in [7, 11) is 1.63. The minimum Gasteiger partial charge on any atom is -0.497 e. The maximum absolute atomic E-state index is 16.5. The van der Waals surface area contributed by atoms with Crippen molar-refractivity contribution in [1.29, 1.82) is 0 Å². The fraction of sp³-hybridized carbons (Fsp3) is 0.351. The highest BCUT2D eigenvalue weighted by atomic mass is 19.3. The van der Waals surface area contributed by atoms with Crippen LogP contribution < -0.4 is 9.47 Å². The van der Waals surface area contributed by atoms with Crippen LogP contribution >= 0.6 is 0 Å². The Morgan fingerprint density at radius 3 is 1.81 bits per heavy atom. The summed E-state index contributed by atoms with van der Waals surface area (Å²) >= 11 is 0. The van der Waals surface area contributed by atoms with E-state index in [1.54, 1.807) is 13.2 Å². The van der Waals surface area contributed by atoms with Crippen LogP contribution in [0.3, 0.4) is 0 Å². The van der Waals surface area contributed by atoms with Gasteiger partial charge in [-0.1, -0.05) is 105 Å². The Kier molecular flexibility index (Phi) is 10.1. The number of methoxy groups -OCH3 is 1. The quantitative estimate of drug-likeness (QED) is 0.167. The van der Waals surface area contributed by atoms with Gasteiger partial charge >= 0.3 is 0 Å². The predicted molar refractivity (Wildman–Crippen MR) is 165 cm³/mol. The Balaban J connectivity index is 1.48. The Bertz CT molecular complexity index is 1410. The van der Waals surface area contributed by atoms with E-state index < -0.39 is 36.1 Å². The lowest BCUT2D eigenvalue weighted by atomic mass is 9.71. The standard InChI is InChI=1S/C37H40F2O4/c1-4-32-26(2)34(41-24-28-13-7-5-8-14-28)35(42-25-29-15-9-6-10-16-29)36(37(32,38)39)43-33-18-12-11-17-30(33)23-27-19-21-31(40-3)22-20-27/h5-22,26,32,34-36H,4,23-25H2,1-3H3/t26-,32-,34+,35-,36+/m1/s1. The van der Waals surface area contributed by atoms with Crippen LogP contribution in [0.15, 0.2) is 109 Å². The van der Waals surface area contributed by atoms with Crippen molar-refractivity contribution in [3.05, 3.63) is 131 Å². The lowest BCUT2D eigenvalue weighted by Gasteiger charge is -2.49. The smallest absolute Gasteiger partial charge is 0.289 e. The van der Waals surface area contributed by atoms with Gasteiger partial charge in [-0.3, -0.25) is 0 Å². The molecule has 0 unspecified atom stereocenters. The topological polar surface area (TPSA) is 36.9 Å². The molecule has 0 aromatic heterocycles. The zero-order valence-electron chi connectivity index (χ0n) is 25.0. The average molecular weight is 587 g/mol. The summed E-state index contributed by atoms with van der Waals surface area (Å²) in [4.78, 5) is 0. The van der Waals surface area contributed by atoms with Gasteiger partial charge < -0.3 is 18.9 Å². The van der Waals surface area contributed by atoms with Crippen molar-refractivity contribution in [3.8, 4) is 11.5 Å². The molecule has 5 atom stereocenters. The number of hydrogen-bond donors (Lipinski definition) is 0. The Labute approximate surface area is 253 Å². The minimum atomic E-state index is -3.16. The lowest BCUT2D eigenvalue weighted by Crippen LogP contribution is -2.64. The Hall–Kier alpha value is -3.74. The maximum Gasteiger partial charge on any atom is 0.289 e. The zero-order valence-corrected chi connectivity index (χ0v) is 25.0. The van der Waals surface area contributed by atoms with Crippen molar-refractivity contribution in [3.63, 3.8) is 0 Å². The molecule has 1 aliphatic rings. The Morgan fingerprint density at radius 1 is 0.674 bits per heavy atom. The number of benzene rings is 4. The van der Waals surface area contributed by atoms with E-state index in [0.29, 0.717) is 18.8 Å². The van der Waals surface area contributed by atoms with E-state index in [9.17, 15) is 0 Å². The van der Waals surface area contributed by atoms with Gasteiger partial charge in [-0.05, 0) is 52.8 Å². The van der Waals surface area contributed by atoms with Crippen LogP contribution in [0.25, 0.3) is 0 Å². The SMILES string of the molecule is CC[C@@H]1[C@@H](C)[C@H](OCc2ccccc2)[C@@H](OCc2ccccc2)[C@H](Oc2ccccc2Cc2ccc(OC)cc2)C1(F)F. The molecule has 0 bridgehead atoms. The van der Waals surface area contributed by atoms with E-state index in [1.165, 1.54) is 0 Å². The van der Waals surface area contributed by atoms with E-state index in [-0.39, 0.29) is 13.0 Å². The first-order valence-corrected chi connectivity index (χ1v) is 15.0. The second-order valence-electron chi connectivity index (χ2n) is 11.2. The molecule has 4 nitrogen and oxygen atoms in total. The zero-order chi connectivity index (χ0) is 30.2. The summed E-state index contributed by atoms with van der Waals surface area (Å²) < 4.78 is 57.7. The summed E-state index contributed by atoms with van der Waals surface area (Å²) in [5, 5.41) is 0. The molecule has 1 fully saturated rings. The highest BCUT2D eigenvalue weighted by Crippen LogP contribution is 2.48. The third-order valence-corrected chi connectivity index (χ3v) is 8.44. The van der Waals surface area contributed by atoms with Crippen molar-refractivity contribution in [2.45, 2.75) is 64.1 Å². The Morgan fingerprint density at radius 2 is 1.23 bits per heavy atom. The number of ether oxygens (including phenoxy) is 4. The molecule has 43 heavy (non-hydrogen) atoms. The molecule has 0 heterocycles. The van der Waals surface area contributed by atoms with E-state index >= 15 is 8.78 Å². The van der Waals surface area contributed by atoms with Gasteiger partial charge in [-0.2, -0.15) is 0 Å². The molecule has 0 aliphatic heterocycles. The van der Waals surface area contributed by atoms with Crippen LogP contribution in [0, 0.1) is 11.8 Å². The molecule has 0 N–H and O–H groups in total. The molecule has 0 radical (unpaired) electrons. The molecular weight excluding hydrogens is 546 g/mol. The molecule has 1 aliphatic carbocycles. The lowest BCUT2D eigenvalue weighted by molar-refractivity contribution is -0.267. The third-order valence-electron chi connectivity index (χ3n) is 8.44. The van der Waals surface area contributed by atoms with E-state index in [1.807, 2.05) is 117 Å². The van der Waals surface area contributed by atoms with E-state index in [4.69, 9.17) is 18.9 Å². The first-order valence-electron chi connectivity index (χ1n) is 15.0. The monoisotopic (exact) mass is 586 g/mol. The van der Waals surface area contributed by atoms with Crippen molar-refractivity contribution < 1.29 is 27.7 Å². The third kappa shape index (κ3) is 7.26. The number of alkyl halides is 2. The fourth-order valence-corrected chi connectivity index (χ4v) is 6.10. The molecule has 226 valence electrons. The van der Waals surface area contributed by atoms with Gasteiger partial charge in [0.1, 0.15) is 17.6 Å². The maximum atomic E-state index is 16.5. The summed E-state index contributed by atoms with van der Waals surface area (Å²) in [5.41, 5.74) is 3.72. The molecule has 1 saturated carbocycles. The van der Waals surface area contributed by atoms with Gasteiger partial charge in [0.25, 0.3) is 5.92 Å². The molecule has 5 rings (SSSR count). The van der Waals surface area contributed by atoms with E-state index in [2.05, 4.69) is 0 Å². The first kappa shape index (κ1) is 30.7. The highest BCUT2D eigenvalue weighted by molar-refractivity contribution is 5.39. The van der Waals surface area contributed by atoms with Gasteiger partial charge in [0.05, 0.1) is 26.4 Å². The van der Waals surface area contributed by atoms with Crippen molar-refractivity contribution in [2.24, 2.45) is 11.8 Å². The molecule has 0 saturated heterocycles. The summed E-state index contributed by atoms with van der Waals surface area (Å²) in [6.45, 7) is 4.13. The van der Waals surface area contributed by atoms with Gasteiger partial charge in [0, 0.05) is 12.3 Å². The molecule has 0 amide bonds. The summed E-state index contributed by atoms with van der Waals surface area (Å²) in [6.07, 6.45) is -2.35. The number of para-hydroxylation sites is 1. The van der Waals surface area contributed by atoms with Crippen molar-refractivity contribution >= 4 is 0 Å². The molecule has 4 aromatic carbocycles. The largest absolute Gasteiger partial charge is 0.497 e. The summed E-state index contributed by atoms with van der Waals surface area (Å²) in [5.74, 6) is -3.38. The van der Waals surface area contributed by atoms with Crippen LogP contribution in [0.1, 0.15) is 42.5 Å². The fourth-order valence-electron chi connectivity index (χ4n) is 6.10. The summed E-state index contributed by atoms with van der Waals surface area (Å²) in [6, 6.07) is 34.5. The average Bonchev–Trinajstić information content (AvgIpc) is 3.03. The number of hydrogen-bond acceptors (Lipinski definition) is 4. The number of rotatable bonds is 12. The van der Waals surface area contributed by atoms with E-state index in [0.717, 1.165) is 28.0 Å². The van der Waals surface area contributed by atoms with Crippen LogP contribution in [0.4, 0.5) is 8.78 Å². The van der Waals surface area contributed by atoms with Gasteiger partial charge in [-0.25, -0.2) is 8.78 Å². The van der Waals surface area contributed by atoms with Gasteiger partial charge in [-0.15, -0.1) is 0 Å².